The Labute approximate surface area is 97.0 Å². The summed E-state index contributed by atoms with van der Waals surface area (Å²) in [7, 11) is 0. The zero-order valence-electron chi connectivity index (χ0n) is 9.78. The van der Waals surface area contributed by atoms with Gasteiger partial charge in [0.05, 0.1) is 6.33 Å². The molecule has 0 fully saturated rings. The molecule has 17 heavy (non-hydrogen) atoms. The highest BCUT2D eigenvalue weighted by molar-refractivity contribution is 5.67. The lowest BCUT2D eigenvalue weighted by Crippen LogP contribution is -2.35. The molecule has 0 atom stereocenters. The molecule has 0 spiro atoms. The highest BCUT2D eigenvalue weighted by atomic mass is 16.2. The smallest absolute Gasteiger partial charge is 0.330 e. The predicted octanol–water partition coefficient (Wildman–Crippen LogP) is 0.769. The Morgan fingerprint density at radius 1 is 1.47 bits per heavy atom. The third kappa shape index (κ3) is 2.20. The standard InChI is InChI=1S/C11H14N4O2/c1-7(2)4-3-5-15-10(16)8-9(13-6-12-8)14-11(15)17/h4,6H,3,5H2,1-2H3,(H,12,13)(H,14,17). The van der Waals surface area contributed by atoms with Gasteiger partial charge in [-0.3, -0.25) is 14.3 Å². The largest absolute Gasteiger partial charge is 0.339 e. The average Bonchev–Trinajstić information content (AvgIpc) is 2.70. The minimum absolute atomic E-state index is 0.304. The Hall–Kier alpha value is -2.11. The number of nitrogens with zero attached hydrogens (tertiary/aromatic N) is 2. The Balaban J connectivity index is 2.43. The van der Waals surface area contributed by atoms with Crippen LogP contribution in [0.5, 0.6) is 0 Å². The van der Waals surface area contributed by atoms with Crippen molar-refractivity contribution < 1.29 is 0 Å². The topological polar surface area (TPSA) is 83.5 Å². The molecule has 2 heterocycles. The Kier molecular flexibility index (Phi) is 2.95. The zero-order chi connectivity index (χ0) is 12.4. The van der Waals surface area contributed by atoms with Crippen LogP contribution >= 0.6 is 0 Å². The first kappa shape index (κ1) is 11.4. The molecule has 2 rings (SSSR count). The lowest BCUT2D eigenvalue weighted by Gasteiger charge is -2.01. The highest BCUT2D eigenvalue weighted by Crippen LogP contribution is 1.97. The van der Waals surface area contributed by atoms with Gasteiger partial charge in [-0.05, 0) is 20.3 Å². The van der Waals surface area contributed by atoms with Gasteiger partial charge in [0.2, 0.25) is 0 Å². The van der Waals surface area contributed by atoms with Gasteiger partial charge in [-0.25, -0.2) is 9.78 Å². The summed E-state index contributed by atoms with van der Waals surface area (Å²) in [6.07, 6.45) is 4.04. The van der Waals surface area contributed by atoms with E-state index in [9.17, 15) is 9.59 Å². The van der Waals surface area contributed by atoms with Gasteiger partial charge in [0.1, 0.15) is 5.52 Å². The SMILES string of the molecule is CC(C)=CCCn1c(=O)[nH]c2nc[nH]c2c1=O. The normalized spacial score (nSPS) is 10.7. The first-order valence-electron chi connectivity index (χ1n) is 5.39. The number of rotatable bonds is 3. The third-order valence-electron chi connectivity index (χ3n) is 2.47. The number of hydrogen-bond acceptors (Lipinski definition) is 3. The summed E-state index contributed by atoms with van der Waals surface area (Å²) in [5, 5.41) is 0. The summed E-state index contributed by atoms with van der Waals surface area (Å²) in [5.74, 6) is 0. The van der Waals surface area contributed by atoms with Crippen LogP contribution in [0.1, 0.15) is 20.3 Å². The summed E-state index contributed by atoms with van der Waals surface area (Å²) in [5.41, 5.74) is 1.05. The Morgan fingerprint density at radius 3 is 2.94 bits per heavy atom. The molecule has 2 aromatic heterocycles. The van der Waals surface area contributed by atoms with E-state index in [1.54, 1.807) is 0 Å². The molecule has 0 radical (unpaired) electrons. The van der Waals surface area contributed by atoms with Gasteiger partial charge < -0.3 is 4.98 Å². The fourth-order valence-electron chi connectivity index (χ4n) is 1.63. The minimum atomic E-state index is -0.420. The second-order valence-corrected chi connectivity index (χ2v) is 4.08. The van der Waals surface area contributed by atoms with E-state index >= 15 is 0 Å². The van der Waals surface area contributed by atoms with Crippen LogP contribution in [0.25, 0.3) is 11.2 Å². The van der Waals surface area contributed by atoms with Crippen molar-refractivity contribution >= 4 is 11.2 Å². The molecule has 0 saturated carbocycles. The van der Waals surface area contributed by atoms with Crippen LogP contribution in [0.15, 0.2) is 27.6 Å². The van der Waals surface area contributed by atoms with Gasteiger partial charge in [-0.1, -0.05) is 11.6 Å². The van der Waals surface area contributed by atoms with E-state index < -0.39 is 5.69 Å². The second kappa shape index (κ2) is 4.40. The third-order valence-corrected chi connectivity index (χ3v) is 2.47. The molecule has 2 N–H and O–H groups in total. The number of hydrogen-bond donors (Lipinski definition) is 2. The van der Waals surface area contributed by atoms with Crippen molar-refractivity contribution in [2.24, 2.45) is 0 Å². The second-order valence-electron chi connectivity index (χ2n) is 4.08. The first-order chi connectivity index (χ1) is 8.09. The highest BCUT2D eigenvalue weighted by Gasteiger charge is 2.08. The van der Waals surface area contributed by atoms with E-state index in [1.165, 1.54) is 10.9 Å². The molecular formula is C11H14N4O2. The van der Waals surface area contributed by atoms with E-state index in [4.69, 9.17) is 0 Å². The summed E-state index contributed by atoms with van der Waals surface area (Å²) >= 11 is 0. The van der Waals surface area contributed by atoms with Crippen molar-refractivity contribution in [3.05, 3.63) is 38.8 Å². The van der Waals surface area contributed by atoms with Crippen LogP contribution in [0, 0.1) is 0 Å². The van der Waals surface area contributed by atoms with Gasteiger partial charge in [-0.15, -0.1) is 0 Å². The fraction of sp³-hybridized carbons (Fsp3) is 0.364. The lowest BCUT2D eigenvalue weighted by molar-refractivity contribution is 0.643. The summed E-state index contributed by atoms with van der Waals surface area (Å²) < 4.78 is 1.18. The molecule has 2 aromatic rings. The van der Waals surface area contributed by atoms with Crippen molar-refractivity contribution in [1.29, 1.82) is 0 Å². The summed E-state index contributed by atoms with van der Waals surface area (Å²) in [6.45, 7) is 4.32. The van der Waals surface area contributed by atoms with E-state index in [-0.39, 0.29) is 5.56 Å². The maximum absolute atomic E-state index is 11.9. The first-order valence-corrected chi connectivity index (χ1v) is 5.39. The van der Waals surface area contributed by atoms with Gasteiger partial charge in [0, 0.05) is 6.54 Å². The van der Waals surface area contributed by atoms with Crippen LogP contribution < -0.4 is 11.2 Å². The summed E-state index contributed by atoms with van der Waals surface area (Å²) in [4.78, 5) is 32.7. The molecule has 0 aliphatic carbocycles. The average molecular weight is 234 g/mol. The number of aromatic nitrogens is 4. The molecule has 6 heteroatoms. The van der Waals surface area contributed by atoms with Crippen LogP contribution in [0.2, 0.25) is 0 Å². The van der Waals surface area contributed by atoms with Crippen molar-refractivity contribution in [3.63, 3.8) is 0 Å². The monoisotopic (exact) mass is 234 g/mol. The zero-order valence-corrected chi connectivity index (χ0v) is 9.78. The van der Waals surface area contributed by atoms with Gasteiger partial charge >= 0.3 is 5.69 Å². The van der Waals surface area contributed by atoms with Crippen molar-refractivity contribution in [2.45, 2.75) is 26.8 Å². The number of imidazole rings is 1. The fourth-order valence-corrected chi connectivity index (χ4v) is 1.63. The van der Waals surface area contributed by atoms with Gasteiger partial charge in [0.15, 0.2) is 5.65 Å². The molecule has 0 aliphatic heterocycles. The molecule has 0 bridgehead atoms. The molecule has 0 aromatic carbocycles. The van der Waals surface area contributed by atoms with Gasteiger partial charge in [0.25, 0.3) is 5.56 Å². The Bertz CT molecular complexity index is 671. The van der Waals surface area contributed by atoms with Crippen molar-refractivity contribution in [2.75, 3.05) is 0 Å². The lowest BCUT2D eigenvalue weighted by atomic mass is 10.3. The molecular weight excluding hydrogens is 220 g/mol. The quantitative estimate of drug-likeness (QED) is 0.769. The maximum atomic E-state index is 11.9. The number of allylic oxidation sites excluding steroid dienone is 2. The summed E-state index contributed by atoms with van der Waals surface area (Å²) in [6, 6.07) is 0. The number of nitrogens with one attached hydrogen (secondary N) is 2. The van der Waals surface area contributed by atoms with Gasteiger partial charge in [-0.2, -0.15) is 0 Å². The van der Waals surface area contributed by atoms with Crippen LogP contribution in [-0.4, -0.2) is 19.5 Å². The van der Waals surface area contributed by atoms with E-state index in [0.717, 1.165) is 5.57 Å². The maximum Gasteiger partial charge on any atom is 0.330 e. The van der Waals surface area contributed by atoms with E-state index in [1.807, 2.05) is 19.9 Å². The molecule has 6 nitrogen and oxygen atoms in total. The van der Waals surface area contributed by atoms with Crippen LogP contribution in [0.3, 0.4) is 0 Å². The van der Waals surface area contributed by atoms with Crippen molar-refractivity contribution in [1.82, 2.24) is 19.5 Å². The van der Waals surface area contributed by atoms with Crippen LogP contribution in [-0.2, 0) is 6.54 Å². The molecule has 90 valence electrons. The number of aromatic amines is 2. The van der Waals surface area contributed by atoms with E-state index in [0.29, 0.717) is 24.1 Å². The minimum Gasteiger partial charge on any atom is -0.339 e. The molecule has 0 amide bonds. The van der Waals surface area contributed by atoms with E-state index in [2.05, 4.69) is 15.0 Å². The molecule has 0 saturated heterocycles. The number of H-pyrrole nitrogens is 2. The molecule has 0 unspecified atom stereocenters. The number of fused-ring (bicyclic) bond motifs is 1. The van der Waals surface area contributed by atoms with Crippen molar-refractivity contribution in [3.8, 4) is 0 Å². The van der Waals surface area contributed by atoms with Crippen LogP contribution in [0.4, 0.5) is 0 Å². The molecule has 0 aliphatic rings. The Morgan fingerprint density at radius 2 is 2.24 bits per heavy atom. The predicted molar refractivity (Wildman–Crippen MR) is 65.0 cm³/mol.